The van der Waals surface area contributed by atoms with Gasteiger partial charge in [-0.15, -0.1) is 0 Å². The Hall–Kier alpha value is -1.05. The molecular weight excluding hydrogens is 140 g/mol. The van der Waals surface area contributed by atoms with Crippen LogP contribution in [0.25, 0.3) is 0 Å². The average Bonchev–Trinajstić information content (AvgIpc) is 2.72. The van der Waals surface area contributed by atoms with E-state index in [1.54, 1.807) is 0 Å². The highest BCUT2D eigenvalue weighted by Gasteiger charge is 2.24. The highest BCUT2D eigenvalue weighted by molar-refractivity contribution is 5.88. The third-order valence-electron chi connectivity index (χ3n) is 1.71. The van der Waals surface area contributed by atoms with Crippen LogP contribution in [0.2, 0.25) is 0 Å². The van der Waals surface area contributed by atoms with E-state index < -0.39 is 0 Å². The number of hydrogen-bond donors (Lipinski definition) is 0. The van der Waals surface area contributed by atoms with Crippen LogP contribution in [0, 0.1) is 5.92 Å². The average molecular weight is 152 g/mol. The van der Waals surface area contributed by atoms with Gasteiger partial charge in [-0.3, -0.25) is 0 Å². The number of rotatable bonds is 4. The summed E-state index contributed by atoms with van der Waals surface area (Å²) in [6.07, 6.45) is 4.37. The smallest absolute Gasteiger partial charge is 0.338 e. The molecule has 0 atom stereocenters. The summed E-state index contributed by atoms with van der Waals surface area (Å²) in [5, 5.41) is 0. The topological polar surface area (TPSA) is 26.3 Å². The second-order valence-corrected chi connectivity index (χ2v) is 2.82. The van der Waals surface area contributed by atoms with Gasteiger partial charge in [-0.25, -0.2) is 4.79 Å². The molecule has 1 aliphatic rings. The highest BCUT2D eigenvalue weighted by Crippen LogP contribution is 2.34. The van der Waals surface area contributed by atoms with Crippen LogP contribution in [0.1, 0.15) is 19.3 Å². The van der Waals surface area contributed by atoms with Crippen LogP contribution in [0.15, 0.2) is 25.0 Å². The Morgan fingerprint density at radius 2 is 2.27 bits per heavy atom. The van der Waals surface area contributed by atoms with Crippen molar-refractivity contribution in [3.63, 3.8) is 0 Å². The molecule has 0 aromatic rings. The van der Waals surface area contributed by atoms with E-state index >= 15 is 0 Å². The number of carbonyl (C=O) groups is 1. The van der Waals surface area contributed by atoms with Gasteiger partial charge in [0, 0.05) is 5.57 Å². The van der Waals surface area contributed by atoms with Crippen molar-refractivity contribution in [2.24, 2.45) is 5.92 Å². The maximum Gasteiger partial charge on any atom is 0.338 e. The Kier molecular flexibility index (Phi) is 2.47. The second-order valence-electron chi connectivity index (χ2n) is 2.82. The molecule has 0 unspecified atom stereocenters. The van der Waals surface area contributed by atoms with Crippen molar-refractivity contribution in [1.82, 2.24) is 0 Å². The molecule has 1 rings (SSSR count). The second kappa shape index (κ2) is 3.37. The van der Waals surface area contributed by atoms with E-state index in [2.05, 4.69) is 17.9 Å². The molecule has 0 aliphatic heterocycles. The Morgan fingerprint density at radius 1 is 1.64 bits per heavy atom. The SMILES string of the molecule is C=COC(=O)C(=C)CC1CC1. The van der Waals surface area contributed by atoms with E-state index in [9.17, 15) is 4.79 Å². The molecule has 1 saturated carbocycles. The zero-order valence-corrected chi connectivity index (χ0v) is 6.51. The van der Waals surface area contributed by atoms with Crippen LogP contribution in [-0.2, 0) is 9.53 Å². The standard InChI is InChI=1S/C9H12O2/c1-3-11-9(10)7(2)6-8-4-5-8/h3,8H,1-2,4-6H2. The number of carbonyl (C=O) groups excluding carboxylic acids is 1. The van der Waals surface area contributed by atoms with Crippen LogP contribution >= 0.6 is 0 Å². The predicted octanol–water partition coefficient (Wildman–Crippen LogP) is 2.03. The monoisotopic (exact) mass is 152 g/mol. The van der Waals surface area contributed by atoms with Gasteiger partial charge in [0.05, 0.1) is 6.26 Å². The van der Waals surface area contributed by atoms with E-state index in [1.165, 1.54) is 12.8 Å². The van der Waals surface area contributed by atoms with Crippen LogP contribution in [0.3, 0.4) is 0 Å². The summed E-state index contributed by atoms with van der Waals surface area (Å²) in [6.45, 7) is 6.92. The summed E-state index contributed by atoms with van der Waals surface area (Å²) in [6, 6.07) is 0. The van der Waals surface area contributed by atoms with Gasteiger partial charge in [-0.1, -0.05) is 13.2 Å². The van der Waals surface area contributed by atoms with Gasteiger partial charge in [0.1, 0.15) is 0 Å². The number of hydrogen-bond acceptors (Lipinski definition) is 2. The highest BCUT2D eigenvalue weighted by atomic mass is 16.5. The molecule has 60 valence electrons. The predicted molar refractivity (Wildman–Crippen MR) is 42.8 cm³/mol. The first-order valence-corrected chi connectivity index (χ1v) is 3.73. The van der Waals surface area contributed by atoms with E-state index in [1.807, 2.05) is 0 Å². The maximum absolute atomic E-state index is 10.9. The van der Waals surface area contributed by atoms with Gasteiger partial charge < -0.3 is 4.74 Å². The Bertz CT molecular complexity index is 190. The van der Waals surface area contributed by atoms with Crippen LogP contribution in [0.4, 0.5) is 0 Å². The van der Waals surface area contributed by atoms with Gasteiger partial charge in [0.25, 0.3) is 0 Å². The normalized spacial score (nSPS) is 15.6. The Morgan fingerprint density at radius 3 is 2.73 bits per heavy atom. The van der Waals surface area contributed by atoms with Gasteiger partial charge in [-0.2, -0.15) is 0 Å². The van der Waals surface area contributed by atoms with Crippen LogP contribution in [0.5, 0.6) is 0 Å². The van der Waals surface area contributed by atoms with E-state index in [0.717, 1.165) is 12.7 Å². The van der Waals surface area contributed by atoms with E-state index in [4.69, 9.17) is 0 Å². The van der Waals surface area contributed by atoms with Crippen molar-refractivity contribution in [3.05, 3.63) is 25.0 Å². The summed E-state index contributed by atoms with van der Waals surface area (Å²) in [5.74, 6) is 0.340. The van der Waals surface area contributed by atoms with Crippen molar-refractivity contribution in [1.29, 1.82) is 0 Å². The lowest BCUT2D eigenvalue weighted by molar-refractivity contribution is -0.133. The molecule has 1 fully saturated rings. The fourth-order valence-electron chi connectivity index (χ4n) is 0.913. The molecule has 11 heavy (non-hydrogen) atoms. The van der Waals surface area contributed by atoms with Crippen LogP contribution in [-0.4, -0.2) is 5.97 Å². The van der Waals surface area contributed by atoms with Gasteiger partial charge >= 0.3 is 5.97 Å². The fraction of sp³-hybridized carbons (Fsp3) is 0.444. The van der Waals surface area contributed by atoms with Gasteiger partial charge in [-0.05, 0) is 25.2 Å². The number of esters is 1. The molecule has 0 amide bonds. The van der Waals surface area contributed by atoms with Crippen molar-refractivity contribution in [3.8, 4) is 0 Å². The molecule has 0 aromatic heterocycles. The molecule has 0 heterocycles. The lowest BCUT2D eigenvalue weighted by atomic mass is 10.1. The molecule has 0 bridgehead atoms. The molecule has 2 heteroatoms. The summed E-state index contributed by atoms with van der Waals surface area (Å²) < 4.78 is 4.56. The third kappa shape index (κ3) is 2.58. The van der Waals surface area contributed by atoms with E-state index in [-0.39, 0.29) is 5.97 Å². The molecule has 0 spiro atoms. The zero-order valence-electron chi connectivity index (χ0n) is 6.51. The first-order valence-electron chi connectivity index (χ1n) is 3.73. The summed E-state index contributed by atoms with van der Waals surface area (Å²) in [5.41, 5.74) is 0.562. The number of ether oxygens (including phenoxy) is 1. The summed E-state index contributed by atoms with van der Waals surface area (Å²) in [4.78, 5) is 10.9. The summed E-state index contributed by atoms with van der Waals surface area (Å²) in [7, 11) is 0. The van der Waals surface area contributed by atoms with Crippen molar-refractivity contribution in [2.45, 2.75) is 19.3 Å². The summed E-state index contributed by atoms with van der Waals surface area (Å²) >= 11 is 0. The van der Waals surface area contributed by atoms with Gasteiger partial charge in [0.15, 0.2) is 0 Å². The molecule has 1 aliphatic carbocycles. The molecular formula is C9H12O2. The quantitative estimate of drug-likeness (QED) is 0.350. The third-order valence-corrected chi connectivity index (χ3v) is 1.71. The first-order chi connectivity index (χ1) is 5.24. The largest absolute Gasteiger partial charge is 0.432 e. The lowest BCUT2D eigenvalue weighted by Crippen LogP contribution is -2.03. The Balaban J connectivity index is 2.26. The maximum atomic E-state index is 10.9. The lowest BCUT2D eigenvalue weighted by Gasteiger charge is -2.00. The van der Waals surface area contributed by atoms with Gasteiger partial charge in [0.2, 0.25) is 0 Å². The van der Waals surface area contributed by atoms with E-state index in [0.29, 0.717) is 11.5 Å². The van der Waals surface area contributed by atoms with Crippen LogP contribution < -0.4 is 0 Å². The minimum atomic E-state index is -0.341. The fourth-order valence-corrected chi connectivity index (χ4v) is 0.913. The molecule has 0 radical (unpaired) electrons. The van der Waals surface area contributed by atoms with Crippen molar-refractivity contribution >= 4 is 5.97 Å². The zero-order chi connectivity index (χ0) is 8.27. The van der Waals surface area contributed by atoms with Crippen molar-refractivity contribution < 1.29 is 9.53 Å². The first kappa shape index (κ1) is 8.05. The molecule has 0 saturated heterocycles. The minimum Gasteiger partial charge on any atom is -0.432 e. The Labute approximate surface area is 66.5 Å². The van der Waals surface area contributed by atoms with Crippen molar-refractivity contribution in [2.75, 3.05) is 0 Å². The molecule has 0 aromatic carbocycles. The minimum absolute atomic E-state index is 0.341. The molecule has 2 nitrogen and oxygen atoms in total. The molecule has 0 N–H and O–H groups in total.